The van der Waals surface area contributed by atoms with Gasteiger partial charge in [0.05, 0.1) is 11.6 Å². The largest absolute Gasteiger partial charge is 0.369 e. The van der Waals surface area contributed by atoms with Crippen molar-refractivity contribution in [1.82, 2.24) is 24.4 Å². The fourth-order valence-corrected chi connectivity index (χ4v) is 4.45. The molecule has 0 bridgehead atoms. The number of primary amides is 1. The molecule has 0 spiro atoms. The Kier molecular flexibility index (Phi) is 5.88. The van der Waals surface area contributed by atoms with Gasteiger partial charge in [0.25, 0.3) is 0 Å². The fourth-order valence-electron chi connectivity index (χ4n) is 4.11. The van der Waals surface area contributed by atoms with Crippen molar-refractivity contribution in [3.8, 4) is 17.1 Å². The summed E-state index contributed by atoms with van der Waals surface area (Å²) in [4.78, 5) is 29.6. The third kappa shape index (κ3) is 4.25. The summed E-state index contributed by atoms with van der Waals surface area (Å²) in [5, 5.41) is 1.24. The minimum absolute atomic E-state index is 0.259. The number of anilines is 1. The average Bonchev–Trinajstić information content (AvgIpc) is 3.19. The normalized spacial score (nSPS) is 14.7. The highest BCUT2D eigenvalue weighted by Crippen LogP contribution is 2.34. The number of carbonyl (C=O) groups excluding carboxylic acids is 1. The van der Waals surface area contributed by atoms with Crippen LogP contribution < -0.4 is 10.6 Å². The molecule has 2 aromatic carbocycles. The first-order valence-corrected chi connectivity index (χ1v) is 11.3. The lowest BCUT2D eigenvalue weighted by Crippen LogP contribution is -2.49. The molecule has 0 atom stereocenters. The lowest BCUT2D eigenvalue weighted by Gasteiger charge is -2.34. The summed E-state index contributed by atoms with van der Waals surface area (Å²) in [5.74, 6) is 1.10. The van der Waals surface area contributed by atoms with Gasteiger partial charge in [0.2, 0.25) is 5.91 Å². The van der Waals surface area contributed by atoms with Crippen LogP contribution >= 0.6 is 23.2 Å². The molecule has 3 heterocycles. The molecular formula is C23H21Cl2N7O. The predicted octanol–water partition coefficient (Wildman–Crippen LogP) is 3.40. The first-order valence-electron chi connectivity index (χ1n) is 10.5. The molecule has 8 nitrogen and oxygen atoms in total. The molecule has 168 valence electrons. The highest BCUT2D eigenvalue weighted by molar-refractivity contribution is 6.33. The van der Waals surface area contributed by atoms with E-state index in [1.165, 1.54) is 0 Å². The van der Waals surface area contributed by atoms with E-state index in [4.69, 9.17) is 33.9 Å². The number of aromatic nitrogens is 4. The van der Waals surface area contributed by atoms with Crippen LogP contribution in [0.5, 0.6) is 0 Å². The number of nitrogens with zero attached hydrogens (tertiary/aromatic N) is 6. The molecule has 5 rings (SSSR count). The third-order valence-corrected chi connectivity index (χ3v) is 6.26. The van der Waals surface area contributed by atoms with E-state index in [0.717, 1.165) is 17.1 Å². The van der Waals surface area contributed by atoms with Crippen molar-refractivity contribution in [2.24, 2.45) is 5.73 Å². The Morgan fingerprint density at radius 3 is 2.39 bits per heavy atom. The van der Waals surface area contributed by atoms with Crippen LogP contribution in [0.15, 0.2) is 54.9 Å². The monoisotopic (exact) mass is 481 g/mol. The lowest BCUT2D eigenvalue weighted by atomic mass is 10.2. The number of nitrogens with two attached hydrogens (primary N) is 1. The van der Waals surface area contributed by atoms with Crippen molar-refractivity contribution in [2.75, 3.05) is 37.6 Å². The van der Waals surface area contributed by atoms with E-state index in [1.54, 1.807) is 6.33 Å². The molecule has 0 radical (unpaired) electrons. The van der Waals surface area contributed by atoms with Gasteiger partial charge in [-0.1, -0.05) is 35.3 Å². The van der Waals surface area contributed by atoms with E-state index < -0.39 is 0 Å². The summed E-state index contributed by atoms with van der Waals surface area (Å²) < 4.78 is 1.97. The molecule has 1 saturated heterocycles. The number of imidazole rings is 1. The summed E-state index contributed by atoms with van der Waals surface area (Å²) in [6.45, 7) is 3.09. The van der Waals surface area contributed by atoms with Crippen molar-refractivity contribution in [3.05, 3.63) is 64.9 Å². The molecular weight excluding hydrogens is 461 g/mol. The summed E-state index contributed by atoms with van der Waals surface area (Å²) in [7, 11) is 0. The second-order valence-corrected chi connectivity index (χ2v) is 8.67. The Morgan fingerprint density at radius 2 is 1.70 bits per heavy atom. The summed E-state index contributed by atoms with van der Waals surface area (Å²) in [6, 6.07) is 15.1. The minimum atomic E-state index is -0.320. The number of piperazine rings is 1. The molecule has 0 unspecified atom stereocenters. The Hall–Kier alpha value is -3.20. The molecule has 10 heteroatoms. The van der Waals surface area contributed by atoms with Gasteiger partial charge in [-0.15, -0.1) is 0 Å². The SMILES string of the molecule is NC(=O)CN1CCN(c2ncnc3c2nc(-c2ccccc2Cl)n3-c2ccc(Cl)cc2)CC1. The first kappa shape index (κ1) is 21.6. The lowest BCUT2D eigenvalue weighted by molar-refractivity contribution is -0.119. The van der Waals surface area contributed by atoms with Crippen LogP contribution in [-0.4, -0.2) is 63.0 Å². The maximum atomic E-state index is 11.3. The molecule has 4 aromatic rings. The molecule has 1 aliphatic heterocycles. The summed E-state index contributed by atoms with van der Waals surface area (Å²) in [5.41, 5.74) is 8.38. The maximum Gasteiger partial charge on any atom is 0.231 e. The van der Waals surface area contributed by atoms with Crippen LogP contribution in [0.3, 0.4) is 0 Å². The number of fused-ring (bicyclic) bond motifs is 1. The average molecular weight is 482 g/mol. The number of halogens is 2. The zero-order valence-corrected chi connectivity index (χ0v) is 19.2. The van der Waals surface area contributed by atoms with E-state index in [1.807, 2.05) is 58.0 Å². The zero-order chi connectivity index (χ0) is 22.9. The second kappa shape index (κ2) is 8.97. The minimum Gasteiger partial charge on any atom is -0.369 e. The second-order valence-electron chi connectivity index (χ2n) is 7.83. The molecule has 0 aliphatic carbocycles. The number of benzene rings is 2. The van der Waals surface area contributed by atoms with E-state index in [2.05, 4.69) is 14.9 Å². The molecule has 0 saturated carbocycles. The molecule has 33 heavy (non-hydrogen) atoms. The molecule has 1 aliphatic rings. The van der Waals surface area contributed by atoms with Gasteiger partial charge in [-0.3, -0.25) is 14.3 Å². The number of hydrogen-bond acceptors (Lipinski definition) is 6. The van der Waals surface area contributed by atoms with Gasteiger partial charge in [0, 0.05) is 42.5 Å². The Morgan fingerprint density at radius 1 is 0.970 bits per heavy atom. The zero-order valence-electron chi connectivity index (χ0n) is 17.7. The van der Waals surface area contributed by atoms with Gasteiger partial charge in [-0.25, -0.2) is 15.0 Å². The van der Waals surface area contributed by atoms with Crippen molar-refractivity contribution < 1.29 is 4.79 Å². The van der Waals surface area contributed by atoms with Gasteiger partial charge < -0.3 is 10.6 Å². The summed E-state index contributed by atoms with van der Waals surface area (Å²) in [6.07, 6.45) is 1.55. The van der Waals surface area contributed by atoms with Crippen molar-refractivity contribution in [2.45, 2.75) is 0 Å². The third-order valence-electron chi connectivity index (χ3n) is 5.68. The number of rotatable bonds is 5. The molecule has 2 aromatic heterocycles. The Balaban J connectivity index is 1.63. The maximum absolute atomic E-state index is 11.3. The van der Waals surface area contributed by atoms with E-state index >= 15 is 0 Å². The van der Waals surface area contributed by atoms with Crippen LogP contribution in [0.25, 0.3) is 28.2 Å². The van der Waals surface area contributed by atoms with Crippen molar-refractivity contribution in [3.63, 3.8) is 0 Å². The number of hydrogen-bond donors (Lipinski definition) is 1. The first-order chi connectivity index (χ1) is 16.0. The highest BCUT2D eigenvalue weighted by Gasteiger charge is 2.25. The molecule has 1 amide bonds. The quantitative estimate of drug-likeness (QED) is 0.469. The Bertz CT molecular complexity index is 1310. The van der Waals surface area contributed by atoms with E-state index in [9.17, 15) is 4.79 Å². The Labute approximate surface area is 200 Å². The van der Waals surface area contributed by atoms with Crippen LogP contribution in [-0.2, 0) is 4.79 Å². The number of amides is 1. The van der Waals surface area contributed by atoms with Gasteiger partial charge in [-0.2, -0.15) is 0 Å². The predicted molar refractivity (Wildman–Crippen MR) is 130 cm³/mol. The van der Waals surface area contributed by atoms with Crippen LogP contribution in [0, 0.1) is 0 Å². The van der Waals surface area contributed by atoms with E-state index in [-0.39, 0.29) is 12.5 Å². The fraction of sp³-hybridized carbons (Fsp3) is 0.217. The van der Waals surface area contributed by atoms with Crippen molar-refractivity contribution in [1.29, 1.82) is 0 Å². The van der Waals surface area contributed by atoms with Crippen molar-refractivity contribution >= 4 is 46.1 Å². The standard InChI is InChI=1S/C23H21Cl2N7O/c24-15-5-7-16(8-6-15)32-21(17-3-1-2-4-18(17)25)29-20-22(27-14-28-23(20)32)31-11-9-30(10-12-31)13-19(26)33/h1-8,14H,9-13H2,(H2,26,33). The summed E-state index contributed by atoms with van der Waals surface area (Å²) >= 11 is 12.7. The smallest absolute Gasteiger partial charge is 0.231 e. The van der Waals surface area contributed by atoms with Gasteiger partial charge in [0.1, 0.15) is 12.2 Å². The van der Waals surface area contributed by atoms with Gasteiger partial charge >= 0.3 is 0 Å². The molecule has 2 N–H and O–H groups in total. The van der Waals surface area contributed by atoms with Gasteiger partial charge in [0.15, 0.2) is 17.0 Å². The van der Waals surface area contributed by atoms with Crippen LogP contribution in [0.2, 0.25) is 10.0 Å². The topological polar surface area (TPSA) is 93.2 Å². The van der Waals surface area contributed by atoms with E-state index in [0.29, 0.717) is 53.2 Å². The van der Waals surface area contributed by atoms with Crippen LogP contribution in [0.1, 0.15) is 0 Å². The highest BCUT2D eigenvalue weighted by atomic mass is 35.5. The number of carbonyl (C=O) groups is 1. The molecule has 1 fully saturated rings. The van der Waals surface area contributed by atoms with Gasteiger partial charge in [-0.05, 0) is 36.4 Å². The van der Waals surface area contributed by atoms with Crippen LogP contribution in [0.4, 0.5) is 5.82 Å².